The Morgan fingerprint density at radius 2 is 2.44 bits per heavy atom. The van der Waals surface area contributed by atoms with Crippen LogP contribution in [0.2, 0.25) is 0 Å². The van der Waals surface area contributed by atoms with Crippen LogP contribution in [0.3, 0.4) is 0 Å². The molecular weight excluding hydrogens is 208 g/mol. The van der Waals surface area contributed by atoms with Gasteiger partial charge in [0, 0.05) is 32.1 Å². The van der Waals surface area contributed by atoms with Crippen LogP contribution in [0.5, 0.6) is 0 Å². The van der Waals surface area contributed by atoms with E-state index in [9.17, 15) is 4.79 Å². The van der Waals surface area contributed by atoms with E-state index in [1.807, 2.05) is 0 Å². The molecule has 1 aliphatic carbocycles. The van der Waals surface area contributed by atoms with Crippen LogP contribution in [0.4, 0.5) is 0 Å². The molecular formula is C11H20N2O3. The van der Waals surface area contributed by atoms with Crippen molar-refractivity contribution in [3.05, 3.63) is 0 Å². The van der Waals surface area contributed by atoms with Gasteiger partial charge in [0.15, 0.2) is 0 Å². The minimum absolute atomic E-state index is 0.00470. The monoisotopic (exact) mass is 228 g/mol. The van der Waals surface area contributed by atoms with Crippen LogP contribution in [0.15, 0.2) is 0 Å². The molecule has 5 heteroatoms. The van der Waals surface area contributed by atoms with Gasteiger partial charge in [-0.3, -0.25) is 4.79 Å². The van der Waals surface area contributed by atoms with Gasteiger partial charge < -0.3 is 20.5 Å². The maximum Gasteiger partial charge on any atom is 0.222 e. The number of hydrogen-bond acceptors (Lipinski definition) is 4. The molecule has 3 N–H and O–H groups in total. The normalized spacial score (nSPS) is 37.4. The number of methoxy groups -OCH3 is 1. The molecule has 1 heterocycles. The zero-order valence-electron chi connectivity index (χ0n) is 9.65. The Kier molecular flexibility index (Phi) is 3.78. The van der Waals surface area contributed by atoms with E-state index in [2.05, 4.69) is 5.32 Å². The molecule has 0 radical (unpaired) electrons. The molecule has 2 fully saturated rings. The minimum Gasteiger partial charge on any atom is -0.384 e. The summed E-state index contributed by atoms with van der Waals surface area (Å²) in [5.41, 5.74) is 6.03. The van der Waals surface area contributed by atoms with Crippen molar-refractivity contribution in [1.82, 2.24) is 5.32 Å². The molecule has 2 aliphatic rings. The molecule has 5 nitrogen and oxygen atoms in total. The van der Waals surface area contributed by atoms with Crippen LogP contribution in [-0.2, 0) is 14.3 Å². The maximum atomic E-state index is 11.5. The highest BCUT2D eigenvalue weighted by atomic mass is 16.5. The van der Waals surface area contributed by atoms with Crippen LogP contribution in [0, 0.1) is 5.92 Å². The fraction of sp³-hybridized carbons (Fsp3) is 0.909. The molecule has 4 atom stereocenters. The second kappa shape index (κ2) is 5.12. The van der Waals surface area contributed by atoms with Crippen molar-refractivity contribution in [2.24, 2.45) is 11.7 Å². The quantitative estimate of drug-likeness (QED) is 0.689. The third kappa shape index (κ3) is 2.21. The molecule has 1 amide bonds. The summed E-state index contributed by atoms with van der Waals surface area (Å²) < 4.78 is 10.5. The fourth-order valence-electron chi connectivity index (χ4n) is 2.58. The van der Waals surface area contributed by atoms with Crippen molar-refractivity contribution in [2.45, 2.75) is 37.5 Å². The molecule has 0 bridgehead atoms. The third-order valence-corrected chi connectivity index (χ3v) is 3.54. The molecule has 1 saturated heterocycles. The number of carbonyl (C=O) groups is 1. The Balaban J connectivity index is 1.79. The van der Waals surface area contributed by atoms with Crippen molar-refractivity contribution in [1.29, 1.82) is 0 Å². The van der Waals surface area contributed by atoms with Gasteiger partial charge in [0.1, 0.15) is 0 Å². The molecule has 4 unspecified atom stereocenters. The highest BCUT2D eigenvalue weighted by molar-refractivity contribution is 5.76. The van der Waals surface area contributed by atoms with Crippen molar-refractivity contribution in [3.8, 4) is 0 Å². The van der Waals surface area contributed by atoms with Gasteiger partial charge in [-0.1, -0.05) is 0 Å². The van der Waals surface area contributed by atoms with Crippen LogP contribution in [0.25, 0.3) is 0 Å². The number of hydrogen-bond donors (Lipinski definition) is 2. The van der Waals surface area contributed by atoms with E-state index < -0.39 is 0 Å². The molecule has 0 aromatic rings. The SMILES string of the molecule is COCCC(=O)NC1C(N)C2CCCOC21. The number of rotatable bonds is 4. The average Bonchev–Trinajstić information content (AvgIpc) is 2.33. The maximum absolute atomic E-state index is 11.5. The van der Waals surface area contributed by atoms with Gasteiger partial charge in [-0.15, -0.1) is 0 Å². The molecule has 1 aliphatic heterocycles. The van der Waals surface area contributed by atoms with Crippen molar-refractivity contribution in [3.63, 3.8) is 0 Å². The molecule has 16 heavy (non-hydrogen) atoms. The van der Waals surface area contributed by atoms with E-state index in [1.54, 1.807) is 7.11 Å². The highest BCUT2D eigenvalue weighted by Crippen LogP contribution is 2.36. The van der Waals surface area contributed by atoms with Gasteiger partial charge in [-0.25, -0.2) is 0 Å². The Labute approximate surface area is 95.7 Å². The minimum atomic E-state index is -0.00495. The summed E-state index contributed by atoms with van der Waals surface area (Å²) in [4.78, 5) is 11.5. The highest BCUT2D eigenvalue weighted by Gasteiger charge is 2.50. The summed E-state index contributed by atoms with van der Waals surface area (Å²) in [5, 5.41) is 2.93. The Morgan fingerprint density at radius 1 is 1.62 bits per heavy atom. The molecule has 0 aromatic carbocycles. The van der Waals surface area contributed by atoms with Crippen LogP contribution < -0.4 is 11.1 Å². The molecule has 0 spiro atoms. The Bertz CT molecular complexity index is 260. The summed E-state index contributed by atoms with van der Waals surface area (Å²) in [5.74, 6) is 0.427. The summed E-state index contributed by atoms with van der Waals surface area (Å²) in [6.45, 7) is 1.24. The molecule has 1 saturated carbocycles. The first-order chi connectivity index (χ1) is 7.74. The second-order valence-electron chi connectivity index (χ2n) is 4.55. The first kappa shape index (κ1) is 11.8. The van der Waals surface area contributed by atoms with Gasteiger partial charge in [0.2, 0.25) is 5.91 Å². The van der Waals surface area contributed by atoms with Gasteiger partial charge >= 0.3 is 0 Å². The number of carbonyl (C=O) groups excluding carboxylic acids is 1. The zero-order valence-corrected chi connectivity index (χ0v) is 9.65. The van der Waals surface area contributed by atoms with Gasteiger partial charge in [-0.05, 0) is 12.8 Å². The van der Waals surface area contributed by atoms with E-state index in [4.69, 9.17) is 15.2 Å². The first-order valence-corrected chi connectivity index (χ1v) is 5.89. The number of nitrogens with two attached hydrogens (primary N) is 1. The van der Waals surface area contributed by atoms with E-state index in [0.29, 0.717) is 18.9 Å². The second-order valence-corrected chi connectivity index (χ2v) is 4.55. The lowest BCUT2D eigenvalue weighted by Gasteiger charge is -2.52. The number of ether oxygens (including phenoxy) is 2. The number of amides is 1. The van der Waals surface area contributed by atoms with Crippen molar-refractivity contribution >= 4 is 5.91 Å². The number of nitrogens with one attached hydrogen (secondary N) is 1. The third-order valence-electron chi connectivity index (χ3n) is 3.54. The summed E-state index contributed by atoms with van der Waals surface area (Å²) >= 11 is 0. The van der Waals surface area contributed by atoms with Gasteiger partial charge in [-0.2, -0.15) is 0 Å². The first-order valence-electron chi connectivity index (χ1n) is 5.89. The molecule has 92 valence electrons. The van der Waals surface area contributed by atoms with E-state index in [-0.39, 0.29) is 24.1 Å². The zero-order chi connectivity index (χ0) is 11.5. The lowest BCUT2D eigenvalue weighted by molar-refractivity contribution is -0.139. The Hall–Kier alpha value is -0.650. The topological polar surface area (TPSA) is 73.6 Å². The number of fused-ring (bicyclic) bond motifs is 1. The summed E-state index contributed by atoms with van der Waals surface area (Å²) in [6.07, 6.45) is 2.72. The Morgan fingerprint density at radius 3 is 3.19 bits per heavy atom. The van der Waals surface area contributed by atoms with Crippen LogP contribution in [0.1, 0.15) is 19.3 Å². The predicted octanol–water partition coefficient (Wildman–Crippen LogP) is -0.356. The van der Waals surface area contributed by atoms with Crippen LogP contribution in [-0.4, -0.2) is 44.4 Å². The summed E-state index contributed by atoms with van der Waals surface area (Å²) in [6, 6.07) is 0.0476. The lowest BCUT2D eigenvalue weighted by atomic mass is 9.68. The predicted molar refractivity (Wildman–Crippen MR) is 58.9 cm³/mol. The largest absolute Gasteiger partial charge is 0.384 e. The van der Waals surface area contributed by atoms with E-state index in [0.717, 1.165) is 19.4 Å². The lowest BCUT2D eigenvalue weighted by Crippen LogP contribution is -2.72. The van der Waals surface area contributed by atoms with Gasteiger partial charge in [0.05, 0.1) is 18.8 Å². The van der Waals surface area contributed by atoms with E-state index >= 15 is 0 Å². The fourth-order valence-corrected chi connectivity index (χ4v) is 2.58. The van der Waals surface area contributed by atoms with Crippen molar-refractivity contribution < 1.29 is 14.3 Å². The van der Waals surface area contributed by atoms with E-state index in [1.165, 1.54) is 0 Å². The summed E-state index contributed by atoms with van der Waals surface area (Å²) in [7, 11) is 1.59. The average molecular weight is 228 g/mol. The van der Waals surface area contributed by atoms with Crippen LogP contribution >= 0.6 is 0 Å². The standard InChI is InChI=1S/C11H20N2O3/c1-15-6-4-8(14)13-10-9(12)7-3-2-5-16-11(7)10/h7,9-11H,2-6,12H2,1H3,(H,13,14). The van der Waals surface area contributed by atoms with Crippen molar-refractivity contribution in [2.75, 3.05) is 20.3 Å². The molecule has 2 rings (SSSR count). The van der Waals surface area contributed by atoms with Gasteiger partial charge in [0.25, 0.3) is 0 Å². The smallest absolute Gasteiger partial charge is 0.222 e. The molecule has 0 aromatic heterocycles.